The van der Waals surface area contributed by atoms with Crippen molar-refractivity contribution in [3.8, 4) is 0 Å². The van der Waals surface area contributed by atoms with Gasteiger partial charge >= 0.3 is 11.9 Å². The molecule has 0 saturated heterocycles. The van der Waals surface area contributed by atoms with E-state index in [9.17, 15) is 9.59 Å². The van der Waals surface area contributed by atoms with E-state index in [1.54, 1.807) is 0 Å². The molecule has 0 amide bonds. The molecule has 0 aromatic carbocycles. The number of carbonyl (C=O) groups excluding carboxylic acids is 2. The van der Waals surface area contributed by atoms with E-state index in [1.807, 2.05) is 0 Å². The lowest BCUT2D eigenvalue weighted by Gasteiger charge is -2.26. The molecule has 0 aromatic heterocycles. The Balaban J connectivity index is 2.07. The van der Waals surface area contributed by atoms with Gasteiger partial charge in [-0.3, -0.25) is 9.59 Å². The van der Waals surface area contributed by atoms with E-state index in [2.05, 4.69) is 13.8 Å². The summed E-state index contributed by atoms with van der Waals surface area (Å²) in [5.74, 6) is -0.465. The van der Waals surface area contributed by atoms with Crippen molar-refractivity contribution in [3.05, 3.63) is 0 Å². The molecule has 1 saturated carbocycles. The van der Waals surface area contributed by atoms with Gasteiger partial charge in [-0.05, 0) is 32.1 Å². The summed E-state index contributed by atoms with van der Waals surface area (Å²) in [5, 5.41) is 0. The number of unbranched alkanes of at least 4 members (excludes halogenated alkanes) is 12. The fourth-order valence-corrected chi connectivity index (χ4v) is 4.32. The molecule has 30 heavy (non-hydrogen) atoms. The molecular formula is C26H48O4. The Bertz CT molecular complexity index is 435. The third kappa shape index (κ3) is 13.3. The largest absolute Gasteiger partial charge is 0.465 e. The van der Waals surface area contributed by atoms with E-state index in [4.69, 9.17) is 9.47 Å². The van der Waals surface area contributed by atoms with Gasteiger partial charge in [-0.25, -0.2) is 0 Å². The summed E-state index contributed by atoms with van der Waals surface area (Å²) in [6, 6.07) is 0. The maximum absolute atomic E-state index is 12.4. The van der Waals surface area contributed by atoms with Gasteiger partial charge in [-0.2, -0.15) is 0 Å². The van der Waals surface area contributed by atoms with Crippen LogP contribution in [0.4, 0.5) is 0 Å². The lowest BCUT2D eigenvalue weighted by molar-refractivity contribution is -0.155. The molecule has 0 bridgehead atoms. The molecule has 1 fully saturated rings. The molecule has 2 unspecified atom stereocenters. The molecule has 4 nitrogen and oxygen atoms in total. The minimum atomic E-state index is -0.126. The van der Waals surface area contributed by atoms with Gasteiger partial charge in [0.25, 0.3) is 0 Å². The minimum absolute atomic E-state index is 0.105. The molecule has 0 N–H and O–H groups in total. The second-order valence-corrected chi connectivity index (χ2v) is 9.14. The van der Waals surface area contributed by atoms with Gasteiger partial charge < -0.3 is 9.47 Å². The molecule has 0 aromatic rings. The number of hydrogen-bond acceptors (Lipinski definition) is 4. The van der Waals surface area contributed by atoms with E-state index in [1.165, 1.54) is 64.2 Å². The summed E-state index contributed by atoms with van der Waals surface area (Å²) in [6.07, 6.45) is 20.3. The van der Waals surface area contributed by atoms with Crippen molar-refractivity contribution in [3.63, 3.8) is 0 Å². The maximum atomic E-state index is 12.4. The summed E-state index contributed by atoms with van der Waals surface area (Å²) < 4.78 is 11.0. The zero-order valence-electron chi connectivity index (χ0n) is 19.9. The van der Waals surface area contributed by atoms with E-state index >= 15 is 0 Å². The minimum Gasteiger partial charge on any atom is -0.465 e. The summed E-state index contributed by atoms with van der Waals surface area (Å²) in [5.41, 5.74) is 0. The first-order chi connectivity index (χ1) is 14.7. The van der Waals surface area contributed by atoms with Gasteiger partial charge in [0, 0.05) is 0 Å². The number of carbonyl (C=O) groups is 2. The molecule has 2 atom stereocenters. The second kappa shape index (κ2) is 18.7. The summed E-state index contributed by atoms with van der Waals surface area (Å²) in [7, 11) is 0. The third-order valence-electron chi connectivity index (χ3n) is 6.33. The van der Waals surface area contributed by atoms with Crippen molar-refractivity contribution in [1.29, 1.82) is 0 Å². The number of hydrogen-bond donors (Lipinski definition) is 0. The van der Waals surface area contributed by atoms with Crippen LogP contribution in [-0.2, 0) is 19.1 Å². The Labute approximate surface area is 185 Å². The van der Waals surface area contributed by atoms with E-state index in [0.29, 0.717) is 19.6 Å². The van der Waals surface area contributed by atoms with Crippen molar-refractivity contribution >= 4 is 11.9 Å². The number of esters is 2. The molecule has 1 rings (SSSR count). The Kier molecular flexibility index (Phi) is 16.8. The second-order valence-electron chi connectivity index (χ2n) is 9.14. The van der Waals surface area contributed by atoms with Crippen LogP contribution in [0.25, 0.3) is 0 Å². The first-order valence-electron chi connectivity index (χ1n) is 13.0. The normalized spacial score (nSPS) is 18.9. The van der Waals surface area contributed by atoms with Gasteiger partial charge in [0.2, 0.25) is 0 Å². The predicted octanol–water partition coefficient (Wildman–Crippen LogP) is 7.38. The van der Waals surface area contributed by atoms with Crippen LogP contribution in [-0.4, -0.2) is 25.2 Å². The highest BCUT2D eigenvalue weighted by molar-refractivity contribution is 5.76. The first-order valence-corrected chi connectivity index (χ1v) is 13.0. The highest BCUT2D eigenvalue weighted by atomic mass is 16.5. The Morgan fingerprint density at radius 2 is 0.967 bits per heavy atom. The van der Waals surface area contributed by atoms with Gasteiger partial charge in [0.1, 0.15) is 0 Å². The van der Waals surface area contributed by atoms with Crippen molar-refractivity contribution in [2.24, 2.45) is 11.8 Å². The van der Waals surface area contributed by atoms with Gasteiger partial charge in [0.05, 0.1) is 25.0 Å². The lowest BCUT2D eigenvalue weighted by Crippen LogP contribution is -2.30. The average Bonchev–Trinajstić information content (AvgIpc) is 2.77. The summed E-state index contributed by atoms with van der Waals surface area (Å²) in [6.45, 7) is 5.49. The van der Waals surface area contributed by atoms with E-state index in [0.717, 1.165) is 44.9 Å². The van der Waals surface area contributed by atoms with Crippen LogP contribution in [0.3, 0.4) is 0 Å². The highest BCUT2D eigenvalue weighted by Gasteiger charge is 2.32. The molecule has 1 aliphatic carbocycles. The van der Waals surface area contributed by atoms with E-state index < -0.39 is 0 Å². The van der Waals surface area contributed by atoms with Crippen molar-refractivity contribution in [2.75, 3.05) is 13.2 Å². The standard InChI is InChI=1S/C26H48O4/c1-3-5-7-9-10-11-12-14-16-21-30-26(28)24-19-17-18-23(22-24)25(27)29-20-15-13-8-6-4-2/h23-24H,3-22H2,1-2H3. The molecule has 1 aliphatic rings. The monoisotopic (exact) mass is 424 g/mol. The SMILES string of the molecule is CCCCCCCCCCCOC(=O)C1CCCC(C(=O)OCCCCCCC)C1. The molecule has 0 aliphatic heterocycles. The van der Waals surface area contributed by atoms with Crippen molar-refractivity contribution in [2.45, 2.75) is 129 Å². The van der Waals surface area contributed by atoms with Crippen LogP contribution < -0.4 is 0 Å². The predicted molar refractivity (Wildman–Crippen MR) is 123 cm³/mol. The fourth-order valence-electron chi connectivity index (χ4n) is 4.32. The average molecular weight is 425 g/mol. The van der Waals surface area contributed by atoms with Gasteiger partial charge in [-0.1, -0.05) is 97.3 Å². The molecule has 0 radical (unpaired) electrons. The fraction of sp³-hybridized carbons (Fsp3) is 0.923. The molecule has 0 spiro atoms. The van der Waals surface area contributed by atoms with Crippen LogP contribution in [0.2, 0.25) is 0 Å². The lowest BCUT2D eigenvalue weighted by atomic mass is 9.81. The van der Waals surface area contributed by atoms with Crippen LogP contribution in [0.15, 0.2) is 0 Å². The molecule has 4 heteroatoms. The maximum Gasteiger partial charge on any atom is 0.308 e. The van der Waals surface area contributed by atoms with Crippen molar-refractivity contribution < 1.29 is 19.1 Å². The third-order valence-corrected chi connectivity index (χ3v) is 6.33. The summed E-state index contributed by atoms with van der Waals surface area (Å²) in [4.78, 5) is 24.7. The molecule has 0 heterocycles. The number of rotatable bonds is 18. The van der Waals surface area contributed by atoms with Gasteiger partial charge in [-0.15, -0.1) is 0 Å². The zero-order valence-corrected chi connectivity index (χ0v) is 19.9. The first kappa shape index (κ1) is 27.0. The summed E-state index contributed by atoms with van der Waals surface area (Å²) >= 11 is 0. The highest BCUT2D eigenvalue weighted by Crippen LogP contribution is 2.31. The van der Waals surface area contributed by atoms with Crippen LogP contribution >= 0.6 is 0 Å². The van der Waals surface area contributed by atoms with Crippen LogP contribution in [0.5, 0.6) is 0 Å². The smallest absolute Gasteiger partial charge is 0.308 e. The Hall–Kier alpha value is -1.06. The van der Waals surface area contributed by atoms with Crippen molar-refractivity contribution in [1.82, 2.24) is 0 Å². The topological polar surface area (TPSA) is 52.6 Å². The molecular weight excluding hydrogens is 376 g/mol. The number of ether oxygens (including phenoxy) is 2. The quantitative estimate of drug-likeness (QED) is 0.170. The van der Waals surface area contributed by atoms with Crippen LogP contribution in [0, 0.1) is 11.8 Å². The Morgan fingerprint density at radius 3 is 1.37 bits per heavy atom. The van der Waals surface area contributed by atoms with Crippen LogP contribution in [0.1, 0.15) is 129 Å². The van der Waals surface area contributed by atoms with E-state index in [-0.39, 0.29) is 23.8 Å². The Morgan fingerprint density at radius 1 is 0.600 bits per heavy atom. The van der Waals surface area contributed by atoms with Gasteiger partial charge in [0.15, 0.2) is 0 Å². The molecule has 176 valence electrons. The zero-order chi connectivity index (χ0) is 21.9.